The van der Waals surface area contributed by atoms with Crippen molar-refractivity contribution in [3.8, 4) is 6.07 Å². The summed E-state index contributed by atoms with van der Waals surface area (Å²) in [5.74, 6) is 2.42. The maximum Gasteiger partial charge on any atom is 0.165 e. The Balaban J connectivity index is 2.19. The van der Waals surface area contributed by atoms with Crippen molar-refractivity contribution in [3.05, 3.63) is 41.5 Å². The van der Waals surface area contributed by atoms with Crippen LogP contribution >= 0.6 is 0 Å². The molecule has 2 aromatic heterocycles. The second kappa shape index (κ2) is 4.80. The fourth-order valence-electron chi connectivity index (χ4n) is 1.65. The second-order valence-electron chi connectivity index (χ2n) is 4.09. The van der Waals surface area contributed by atoms with Gasteiger partial charge in [-0.15, -0.1) is 0 Å². The average molecular weight is 242 g/mol. The second-order valence-corrected chi connectivity index (χ2v) is 4.09. The normalized spacial score (nSPS) is 10.1. The minimum absolute atomic E-state index is 0.245. The van der Waals surface area contributed by atoms with Gasteiger partial charge in [0.15, 0.2) is 5.69 Å². The van der Waals surface area contributed by atoms with Crippen molar-refractivity contribution in [2.24, 2.45) is 0 Å². The lowest BCUT2D eigenvalue weighted by molar-refractivity contribution is 0.481. The molecule has 2 heterocycles. The molecule has 2 N–H and O–H groups in total. The number of furan rings is 1. The molecule has 0 atom stereocenters. The van der Waals surface area contributed by atoms with Crippen LogP contribution in [0.5, 0.6) is 0 Å². The highest BCUT2D eigenvalue weighted by Gasteiger charge is 2.08. The molecule has 18 heavy (non-hydrogen) atoms. The number of aryl methyl sites for hydroxylation is 1. The molecule has 5 heteroatoms. The summed E-state index contributed by atoms with van der Waals surface area (Å²) in [7, 11) is 1.89. The molecular weight excluding hydrogens is 228 g/mol. The molecule has 0 radical (unpaired) electrons. The van der Waals surface area contributed by atoms with Crippen molar-refractivity contribution in [1.82, 2.24) is 4.98 Å². The molecule has 0 saturated heterocycles. The smallest absolute Gasteiger partial charge is 0.165 e. The largest absolute Gasteiger partial charge is 0.464 e. The molecule has 92 valence electrons. The number of anilines is 2. The third kappa shape index (κ3) is 2.43. The standard InChI is InChI=1S/C13H14N4O/c1-9-3-4-10(18-9)8-17(2)13-6-5-11(15)12(7-14)16-13/h3-6H,8,15H2,1-2H3. The monoisotopic (exact) mass is 242 g/mol. The molecule has 2 rings (SSSR count). The Kier molecular flexibility index (Phi) is 3.20. The number of nitrogen functional groups attached to an aromatic ring is 1. The van der Waals surface area contributed by atoms with Gasteiger partial charge < -0.3 is 15.1 Å². The number of rotatable bonds is 3. The van der Waals surface area contributed by atoms with E-state index in [-0.39, 0.29) is 5.69 Å². The van der Waals surface area contributed by atoms with Crippen molar-refractivity contribution in [1.29, 1.82) is 5.26 Å². The first-order valence-electron chi connectivity index (χ1n) is 5.53. The van der Waals surface area contributed by atoms with Crippen molar-refractivity contribution in [3.63, 3.8) is 0 Å². The van der Waals surface area contributed by atoms with E-state index in [1.807, 2.05) is 37.1 Å². The van der Waals surface area contributed by atoms with Crippen molar-refractivity contribution < 1.29 is 4.42 Å². The molecule has 0 aromatic carbocycles. The summed E-state index contributed by atoms with van der Waals surface area (Å²) in [5, 5.41) is 8.89. The van der Waals surface area contributed by atoms with E-state index in [0.717, 1.165) is 11.5 Å². The van der Waals surface area contributed by atoms with E-state index in [9.17, 15) is 0 Å². The first kappa shape index (κ1) is 12.0. The molecule has 0 saturated carbocycles. The fourth-order valence-corrected chi connectivity index (χ4v) is 1.65. The minimum atomic E-state index is 0.245. The Labute approximate surface area is 105 Å². The van der Waals surface area contributed by atoms with E-state index in [2.05, 4.69) is 4.98 Å². The van der Waals surface area contributed by atoms with Gasteiger partial charge in [-0.25, -0.2) is 4.98 Å². The van der Waals surface area contributed by atoms with E-state index >= 15 is 0 Å². The molecule has 0 fully saturated rings. The summed E-state index contributed by atoms with van der Waals surface area (Å²) < 4.78 is 5.50. The Bertz CT molecular complexity index is 597. The molecule has 0 amide bonds. The molecule has 0 aliphatic carbocycles. The van der Waals surface area contributed by atoms with Crippen LogP contribution < -0.4 is 10.6 Å². The van der Waals surface area contributed by atoms with Gasteiger partial charge in [0.05, 0.1) is 12.2 Å². The maximum absolute atomic E-state index is 8.89. The average Bonchev–Trinajstić information content (AvgIpc) is 2.75. The SMILES string of the molecule is Cc1ccc(CN(C)c2ccc(N)c(C#N)n2)o1. The van der Waals surface area contributed by atoms with Crippen LogP contribution in [0, 0.1) is 18.3 Å². The molecule has 0 unspecified atom stereocenters. The van der Waals surface area contributed by atoms with Gasteiger partial charge in [0.25, 0.3) is 0 Å². The van der Waals surface area contributed by atoms with Crippen molar-refractivity contribution in [2.45, 2.75) is 13.5 Å². The predicted octanol–water partition coefficient (Wildman–Crippen LogP) is 2.07. The molecular formula is C13H14N4O. The zero-order valence-electron chi connectivity index (χ0n) is 10.3. The molecule has 5 nitrogen and oxygen atoms in total. The van der Waals surface area contributed by atoms with Crippen LogP contribution in [0.25, 0.3) is 0 Å². The van der Waals surface area contributed by atoms with Crippen LogP contribution in [0.2, 0.25) is 0 Å². The molecule has 0 spiro atoms. The van der Waals surface area contributed by atoms with Gasteiger partial charge in [-0.05, 0) is 31.2 Å². The predicted molar refractivity (Wildman–Crippen MR) is 68.9 cm³/mol. The lowest BCUT2D eigenvalue weighted by atomic mass is 10.3. The van der Waals surface area contributed by atoms with Gasteiger partial charge in [-0.3, -0.25) is 0 Å². The van der Waals surface area contributed by atoms with Gasteiger partial charge in [-0.2, -0.15) is 5.26 Å². The summed E-state index contributed by atoms with van der Waals surface area (Å²) in [6.07, 6.45) is 0. The molecule has 0 aliphatic rings. The first-order chi connectivity index (χ1) is 8.60. The maximum atomic E-state index is 8.89. The molecule has 0 aliphatic heterocycles. The summed E-state index contributed by atoms with van der Waals surface area (Å²) in [6.45, 7) is 2.49. The topological polar surface area (TPSA) is 79.1 Å². The van der Waals surface area contributed by atoms with Crippen LogP contribution in [0.1, 0.15) is 17.2 Å². The number of pyridine rings is 1. The van der Waals surface area contributed by atoms with Gasteiger partial charge in [0.1, 0.15) is 23.4 Å². The lowest BCUT2D eigenvalue weighted by Crippen LogP contribution is -2.17. The highest BCUT2D eigenvalue weighted by Crippen LogP contribution is 2.18. The van der Waals surface area contributed by atoms with Gasteiger partial charge >= 0.3 is 0 Å². The summed E-state index contributed by atoms with van der Waals surface area (Å²) >= 11 is 0. The summed E-state index contributed by atoms with van der Waals surface area (Å²) in [5.41, 5.74) is 6.27. The first-order valence-corrected chi connectivity index (χ1v) is 5.53. The van der Waals surface area contributed by atoms with Crippen LogP contribution in [0.3, 0.4) is 0 Å². The minimum Gasteiger partial charge on any atom is -0.464 e. The Morgan fingerprint density at radius 3 is 2.78 bits per heavy atom. The van der Waals surface area contributed by atoms with E-state index in [1.165, 1.54) is 0 Å². The van der Waals surface area contributed by atoms with Crippen molar-refractivity contribution >= 4 is 11.5 Å². The number of nitriles is 1. The van der Waals surface area contributed by atoms with Crippen LogP contribution in [0.15, 0.2) is 28.7 Å². The third-order valence-electron chi connectivity index (χ3n) is 2.60. The van der Waals surface area contributed by atoms with Crippen LogP contribution in [-0.4, -0.2) is 12.0 Å². The summed E-state index contributed by atoms with van der Waals surface area (Å²) in [4.78, 5) is 6.09. The number of nitrogens with zero attached hydrogens (tertiary/aromatic N) is 3. The third-order valence-corrected chi connectivity index (χ3v) is 2.60. The molecule has 0 bridgehead atoms. The van der Waals surface area contributed by atoms with Crippen molar-refractivity contribution in [2.75, 3.05) is 17.7 Å². The van der Waals surface area contributed by atoms with Gasteiger partial charge in [0.2, 0.25) is 0 Å². The van der Waals surface area contributed by atoms with E-state index in [0.29, 0.717) is 18.1 Å². The number of hydrogen-bond acceptors (Lipinski definition) is 5. The Hall–Kier alpha value is -2.48. The van der Waals surface area contributed by atoms with Crippen LogP contribution in [0.4, 0.5) is 11.5 Å². The zero-order valence-corrected chi connectivity index (χ0v) is 10.3. The van der Waals surface area contributed by atoms with Crippen LogP contribution in [-0.2, 0) is 6.54 Å². The quantitative estimate of drug-likeness (QED) is 0.891. The Morgan fingerprint density at radius 1 is 1.39 bits per heavy atom. The molecule has 2 aromatic rings. The number of aromatic nitrogens is 1. The lowest BCUT2D eigenvalue weighted by Gasteiger charge is -2.17. The van der Waals surface area contributed by atoms with E-state index in [4.69, 9.17) is 15.4 Å². The van der Waals surface area contributed by atoms with Gasteiger partial charge in [-0.1, -0.05) is 0 Å². The highest BCUT2D eigenvalue weighted by molar-refractivity contribution is 5.55. The number of nitrogens with two attached hydrogens (primary N) is 1. The van der Waals surface area contributed by atoms with E-state index < -0.39 is 0 Å². The van der Waals surface area contributed by atoms with E-state index in [1.54, 1.807) is 12.1 Å². The number of hydrogen-bond donors (Lipinski definition) is 1. The highest BCUT2D eigenvalue weighted by atomic mass is 16.3. The zero-order chi connectivity index (χ0) is 13.1. The fraction of sp³-hybridized carbons (Fsp3) is 0.231. The Morgan fingerprint density at radius 2 is 2.17 bits per heavy atom. The van der Waals surface area contributed by atoms with Gasteiger partial charge in [0, 0.05) is 7.05 Å². The summed E-state index contributed by atoms with van der Waals surface area (Å²) in [6, 6.07) is 9.28.